The highest BCUT2D eigenvalue weighted by Gasteiger charge is 2.50. The fraction of sp³-hybridized carbons (Fsp3) is 0.552. The quantitative estimate of drug-likeness (QED) is 0.520. The number of methoxy groups -OCH3 is 2. The van der Waals surface area contributed by atoms with Gasteiger partial charge in [0.25, 0.3) is 0 Å². The molecule has 2 atom stereocenters. The van der Waals surface area contributed by atoms with Gasteiger partial charge in [0.2, 0.25) is 5.91 Å². The lowest BCUT2D eigenvalue weighted by molar-refractivity contribution is -0.147. The van der Waals surface area contributed by atoms with Crippen LogP contribution in [0.4, 0.5) is 13.2 Å². The van der Waals surface area contributed by atoms with Gasteiger partial charge in [-0.15, -0.1) is 0 Å². The normalized spacial score (nSPS) is 24.3. The maximum absolute atomic E-state index is 14.4. The Balaban J connectivity index is 1.41. The Bertz CT molecular complexity index is 1230. The molecular formula is C29H34F3N3O4. The SMILES string of the molecule is COC(=O)C1CCN(C2CCC(C(=O)N3CCc4ncc(C(F)(F)F)cc4C3)(c3cccc(OC)c3)C2)CC1. The molecule has 1 saturated carbocycles. The van der Waals surface area contributed by atoms with Crippen LogP contribution in [0.5, 0.6) is 5.75 Å². The Labute approximate surface area is 226 Å². The zero-order chi connectivity index (χ0) is 27.8. The van der Waals surface area contributed by atoms with Gasteiger partial charge in [0.15, 0.2) is 0 Å². The molecule has 0 N–H and O–H groups in total. The van der Waals surface area contributed by atoms with E-state index >= 15 is 0 Å². The van der Waals surface area contributed by atoms with E-state index in [0.717, 1.165) is 50.2 Å². The molecule has 2 aromatic rings. The molecule has 7 nitrogen and oxygen atoms in total. The molecule has 2 fully saturated rings. The van der Waals surface area contributed by atoms with Crippen LogP contribution in [0.3, 0.4) is 0 Å². The maximum Gasteiger partial charge on any atom is 0.417 e. The smallest absolute Gasteiger partial charge is 0.417 e. The highest BCUT2D eigenvalue weighted by molar-refractivity contribution is 5.89. The van der Waals surface area contributed by atoms with Crippen molar-refractivity contribution in [3.63, 3.8) is 0 Å². The van der Waals surface area contributed by atoms with Crippen LogP contribution >= 0.6 is 0 Å². The number of halogens is 3. The van der Waals surface area contributed by atoms with E-state index in [4.69, 9.17) is 9.47 Å². The molecule has 1 saturated heterocycles. The number of amides is 1. The van der Waals surface area contributed by atoms with Gasteiger partial charge in [0.05, 0.1) is 31.1 Å². The molecular weight excluding hydrogens is 511 g/mol. The molecule has 2 unspecified atom stereocenters. The molecule has 39 heavy (non-hydrogen) atoms. The third-order valence-corrected chi connectivity index (χ3v) is 8.75. The van der Waals surface area contributed by atoms with Gasteiger partial charge in [-0.3, -0.25) is 14.6 Å². The minimum Gasteiger partial charge on any atom is -0.497 e. The molecule has 1 aromatic carbocycles. The zero-order valence-electron chi connectivity index (χ0n) is 22.3. The van der Waals surface area contributed by atoms with Crippen molar-refractivity contribution in [1.82, 2.24) is 14.8 Å². The highest BCUT2D eigenvalue weighted by atomic mass is 19.4. The van der Waals surface area contributed by atoms with Gasteiger partial charge in [-0.05, 0) is 74.5 Å². The summed E-state index contributed by atoms with van der Waals surface area (Å²) >= 11 is 0. The van der Waals surface area contributed by atoms with Crippen LogP contribution in [0.1, 0.15) is 54.5 Å². The first-order chi connectivity index (χ1) is 18.6. The molecule has 10 heteroatoms. The Kier molecular flexibility index (Phi) is 7.59. The van der Waals surface area contributed by atoms with Gasteiger partial charge in [-0.25, -0.2) is 0 Å². The molecule has 210 valence electrons. The first-order valence-corrected chi connectivity index (χ1v) is 13.5. The fourth-order valence-corrected chi connectivity index (χ4v) is 6.56. The number of alkyl halides is 3. The lowest BCUT2D eigenvalue weighted by atomic mass is 9.76. The van der Waals surface area contributed by atoms with Crippen LogP contribution in [-0.4, -0.2) is 66.6 Å². The monoisotopic (exact) mass is 545 g/mol. The molecule has 0 radical (unpaired) electrons. The summed E-state index contributed by atoms with van der Waals surface area (Å²) in [6.07, 6.45) is 0.293. The van der Waals surface area contributed by atoms with E-state index in [9.17, 15) is 22.8 Å². The number of hydrogen-bond acceptors (Lipinski definition) is 6. The topological polar surface area (TPSA) is 72.0 Å². The number of likely N-dealkylation sites (tertiary alicyclic amines) is 1. The summed E-state index contributed by atoms with van der Waals surface area (Å²) in [7, 11) is 3.00. The number of fused-ring (bicyclic) bond motifs is 1. The van der Waals surface area contributed by atoms with Gasteiger partial charge >= 0.3 is 12.1 Å². The van der Waals surface area contributed by atoms with Crippen molar-refractivity contribution in [1.29, 1.82) is 0 Å². The third-order valence-electron chi connectivity index (χ3n) is 8.75. The second-order valence-corrected chi connectivity index (χ2v) is 10.8. The largest absolute Gasteiger partial charge is 0.497 e. The van der Waals surface area contributed by atoms with Crippen LogP contribution in [-0.2, 0) is 38.9 Å². The minimum atomic E-state index is -4.49. The Hall–Kier alpha value is -3.14. The maximum atomic E-state index is 14.4. The molecule has 3 aliphatic rings. The average Bonchev–Trinajstić information content (AvgIpc) is 3.42. The van der Waals surface area contributed by atoms with Crippen LogP contribution in [0.15, 0.2) is 36.5 Å². The van der Waals surface area contributed by atoms with Crippen molar-refractivity contribution in [2.75, 3.05) is 33.9 Å². The fourth-order valence-electron chi connectivity index (χ4n) is 6.56. The van der Waals surface area contributed by atoms with E-state index in [-0.39, 0.29) is 30.4 Å². The molecule has 0 spiro atoms. The number of rotatable bonds is 5. The van der Waals surface area contributed by atoms with Crippen LogP contribution in [0, 0.1) is 5.92 Å². The molecule has 1 aliphatic carbocycles. The first kappa shape index (κ1) is 27.4. The highest BCUT2D eigenvalue weighted by Crippen LogP contribution is 2.46. The predicted molar refractivity (Wildman–Crippen MR) is 137 cm³/mol. The van der Waals surface area contributed by atoms with Crippen molar-refractivity contribution < 1.29 is 32.2 Å². The van der Waals surface area contributed by atoms with Gasteiger partial charge in [-0.1, -0.05) is 12.1 Å². The lowest BCUT2D eigenvalue weighted by Gasteiger charge is -2.39. The molecule has 3 heterocycles. The van der Waals surface area contributed by atoms with Crippen LogP contribution < -0.4 is 4.74 Å². The summed E-state index contributed by atoms with van der Waals surface area (Å²) in [4.78, 5) is 34.5. The van der Waals surface area contributed by atoms with E-state index in [1.165, 1.54) is 7.11 Å². The molecule has 5 rings (SSSR count). The minimum absolute atomic E-state index is 0.0641. The number of pyridine rings is 1. The summed E-state index contributed by atoms with van der Waals surface area (Å²) < 4.78 is 50.5. The summed E-state index contributed by atoms with van der Waals surface area (Å²) in [5.74, 6) is 0.326. The van der Waals surface area contributed by atoms with Crippen LogP contribution in [0.2, 0.25) is 0 Å². The first-order valence-electron chi connectivity index (χ1n) is 13.5. The zero-order valence-corrected chi connectivity index (χ0v) is 22.3. The molecule has 2 aliphatic heterocycles. The summed E-state index contributed by atoms with van der Waals surface area (Å²) in [6, 6.07) is 8.87. The van der Waals surface area contributed by atoms with E-state index in [1.54, 1.807) is 12.0 Å². The molecule has 1 aromatic heterocycles. The van der Waals surface area contributed by atoms with E-state index in [0.29, 0.717) is 42.8 Å². The van der Waals surface area contributed by atoms with E-state index in [2.05, 4.69) is 9.88 Å². The second kappa shape index (κ2) is 10.8. The number of benzene rings is 1. The Morgan fingerprint density at radius 3 is 2.54 bits per heavy atom. The third kappa shape index (κ3) is 5.35. The summed E-state index contributed by atoms with van der Waals surface area (Å²) in [6.45, 7) is 2.03. The molecule has 1 amide bonds. The summed E-state index contributed by atoms with van der Waals surface area (Å²) in [5.41, 5.74) is 0.316. The standard InChI is InChI=1S/C29H34F3N3O4/c1-38-24-5-3-4-21(15-24)28(10-6-23(16-28)34-11-7-19(8-12-34)26(36)39-2)27(37)35-13-9-25-20(18-35)14-22(17-33-25)29(30,31)32/h3-5,14-15,17,19,23H,6-13,16,18H2,1-2H3. The van der Waals surface area contributed by atoms with Crippen molar-refractivity contribution in [2.24, 2.45) is 5.92 Å². The number of esters is 1. The predicted octanol–water partition coefficient (Wildman–Crippen LogP) is 4.37. The van der Waals surface area contributed by atoms with E-state index in [1.807, 2.05) is 24.3 Å². The molecule has 0 bridgehead atoms. The Morgan fingerprint density at radius 1 is 1.08 bits per heavy atom. The van der Waals surface area contributed by atoms with Crippen molar-refractivity contribution in [3.8, 4) is 5.75 Å². The van der Waals surface area contributed by atoms with Crippen molar-refractivity contribution >= 4 is 11.9 Å². The van der Waals surface area contributed by atoms with Crippen molar-refractivity contribution in [2.45, 2.75) is 62.7 Å². The number of aromatic nitrogens is 1. The van der Waals surface area contributed by atoms with Crippen molar-refractivity contribution in [3.05, 3.63) is 58.9 Å². The Morgan fingerprint density at radius 2 is 1.85 bits per heavy atom. The van der Waals surface area contributed by atoms with Crippen LogP contribution in [0.25, 0.3) is 0 Å². The number of carbonyl (C=O) groups is 2. The number of carbonyl (C=O) groups excluding carboxylic acids is 2. The lowest BCUT2D eigenvalue weighted by Crippen LogP contribution is -2.49. The number of piperidine rings is 1. The van der Waals surface area contributed by atoms with E-state index < -0.39 is 17.2 Å². The number of nitrogens with zero attached hydrogens (tertiary/aromatic N) is 3. The van der Waals surface area contributed by atoms with Gasteiger partial charge < -0.3 is 19.3 Å². The average molecular weight is 546 g/mol. The summed E-state index contributed by atoms with van der Waals surface area (Å²) in [5, 5.41) is 0. The number of ether oxygens (including phenoxy) is 2. The van der Waals surface area contributed by atoms with Gasteiger partial charge in [0.1, 0.15) is 5.75 Å². The van der Waals surface area contributed by atoms with Gasteiger partial charge in [-0.2, -0.15) is 13.2 Å². The van der Waals surface area contributed by atoms with Gasteiger partial charge in [0, 0.05) is 37.4 Å². The second-order valence-electron chi connectivity index (χ2n) is 10.8. The number of hydrogen-bond donors (Lipinski definition) is 0.